The number of hydrogen-bond acceptors (Lipinski definition) is 4. The summed E-state index contributed by atoms with van der Waals surface area (Å²) in [5, 5.41) is 10.1. The van der Waals surface area contributed by atoms with Crippen molar-refractivity contribution in [3.8, 4) is 0 Å². The predicted octanol–water partition coefficient (Wildman–Crippen LogP) is 3.77. The first-order chi connectivity index (χ1) is 13.0. The highest BCUT2D eigenvalue weighted by atomic mass is 32.2. The Balaban J connectivity index is 1.80. The van der Waals surface area contributed by atoms with E-state index in [1.807, 2.05) is 0 Å². The van der Waals surface area contributed by atoms with Crippen LogP contribution in [0.4, 0.5) is 0 Å². The maximum Gasteiger partial charge on any atom is 0.336 e. The number of carboxylic acid groups (broad SMARTS) is 1. The Bertz CT molecular complexity index is 975. The van der Waals surface area contributed by atoms with E-state index in [9.17, 15) is 18.3 Å². The SMILES string of the molecule is O=C(O)c1cc(C2CCCC2)nc2ccc(S(=O)(=O)N3CCCCC3)cc12. The van der Waals surface area contributed by atoms with Gasteiger partial charge in [-0.05, 0) is 49.9 Å². The minimum atomic E-state index is -3.61. The molecule has 144 valence electrons. The summed E-state index contributed by atoms with van der Waals surface area (Å²) in [5.41, 5.74) is 1.50. The van der Waals surface area contributed by atoms with Gasteiger partial charge < -0.3 is 5.11 Å². The maximum atomic E-state index is 12.9. The third-order valence-corrected chi connectivity index (χ3v) is 7.65. The van der Waals surface area contributed by atoms with Gasteiger partial charge in [-0.1, -0.05) is 19.3 Å². The molecule has 1 N–H and O–H groups in total. The number of carboxylic acids is 1. The van der Waals surface area contributed by atoms with E-state index in [1.54, 1.807) is 18.2 Å². The average Bonchev–Trinajstić information content (AvgIpc) is 3.22. The van der Waals surface area contributed by atoms with Crippen LogP contribution in [0, 0.1) is 0 Å². The summed E-state index contributed by atoms with van der Waals surface area (Å²) >= 11 is 0. The zero-order valence-electron chi connectivity index (χ0n) is 15.2. The lowest BCUT2D eigenvalue weighted by Crippen LogP contribution is -2.35. The number of carbonyl (C=O) groups is 1. The van der Waals surface area contributed by atoms with E-state index in [0.717, 1.165) is 50.6 Å². The van der Waals surface area contributed by atoms with Gasteiger partial charge in [0.05, 0.1) is 16.0 Å². The van der Waals surface area contributed by atoms with Crippen LogP contribution < -0.4 is 0 Å². The molecule has 6 nitrogen and oxygen atoms in total. The molecule has 0 atom stereocenters. The summed E-state index contributed by atoms with van der Waals surface area (Å²) in [6.45, 7) is 1.04. The number of hydrogen-bond donors (Lipinski definition) is 1. The number of pyridine rings is 1. The Morgan fingerprint density at radius 1 is 1.04 bits per heavy atom. The number of nitrogens with zero attached hydrogens (tertiary/aromatic N) is 2. The van der Waals surface area contributed by atoms with E-state index >= 15 is 0 Å². The van der Waals surface area contributed by atoms with Crippen molar-refractivity contribution >= 4 is 26.9 Å². The number of aromatic carboxylic acids is 1. The van der Waals surface area contributed by atoms with Gasteiger partial charge in [-0.2, -0.15) is 4.31 Å². The van der Waals surface area contributed by atoms with Crippen molar-refractivity contribution < 1.29 is 18.3 Å². The molecule has 0 spiro atoms. The van der Waals surface area contributed by atoms with Crippen LogP contribution in [0.25, 0.3) is 10.9 Å². The molecule has 0 radical (unpaired) electrons. The summed E-state index contributed by atoms with van der Waals surface area (Å²) in [6.07, 6.45) is 7.09. The normalized spacial score (nSPS) is 19.6. The maximum absolute atomic E-state index is 12.9. The molecule has 1 saturated heterocycles. The lowest BCUT2D eigenvalue weighted by molar-refractivity contribution is 0.0698. The first-order valence-electron chi connectivity index (χ1n) is 9.65. The molecule has 27 heavy (non-hydrogen) atoms. The Hall–Kier alpha value is -1.99. The van der Waals surface area contributed by atoms with Crippen molar-refractivity contribution in [3.05, 3.63) is 35.5 Å². The van der Waals surface area contributed by atoms with Crippen molar-refractivity contribution in [1.82, 2.24) is 9.29 Å². The van der Waals surface area contributed by atoms with Crippen LogP contribution in [0.3, 0.4) is 0 Å². The van der Waals surface area contributed by atoms with Crippen LogP contribution in [-0.4, -0.2) is 41.9 Å². The second-order valence-corrected chi connectivity index (χ2v) is 9.46. The van der Waals surface area contributed by atoms with E-state index in [-0.39, 0.29) is 10.5 Å². The van der Waals surface area contributed by atoms with Gasteiger partial charge in [0.2, 0.25) is 10.0 Å². The van der Waals surface area contributed by atoms with Gasteiger partial charge >= 0.3 is 5.97 Å². The summed E-state index contributed by atoms with van der Waals surface area (Å²) in [4.78, 5) is 16.7. The third-order valence-electron chi connectivity index (χ3n) is 5.76. The number of piperidine rings is 1. The lowest BCUT2D eigenvalue weighted by Gasteiger charge is -2.26. The zero-order valence-corrected chi connectivity index (χ0v) is 16.0. The van der Waals surface area contributed by atoms with Crippen LogP contribution in [0.5, 0.6) is 0 Å². The quantitative estimate of drug-likeness (QED) is 0.861. The molecule has 4 rings (SSSR count). The van der Waals surface area contributed by atoms with Gasteiger partial charge in [0.15, 0.2) is 0 Å². The van der Waals surface area contributed by atoms with E-state index in [1.165, 1.54) is 10.4 Å². The Labute approximate surface area is 159 Å². The first-order valence-corrected chi connectivity index (χ1v) is 11.1. The van der Waals surface area contributed by atoms with Crippen LogP contribution >= 0.6 is 0 Å². The van der Waals surface area contributed by atoms with Crippen molar-refractivity contribution in [1.29, 1.82) is 0 Å². The third kappa shape index (κ3) is 3.46. The van der Waals surface area contributed by atoms with Crippen molar-refractivity contribution in [2.45, 2.75) is 55.8 Å². The smallest absolute Gasteiger partial charge is 0.336 e. The van der Waals surface area contributed by atoms with Gasteiger partial charge in [-0.15, -0.1) is 0 Å². The molecular weight excluding hydrogens is 364 g/mol. The minimum Gasteiger partial charge on any atom is -0.478 e. The average molecular weight is 388 g/mol. The van der Waals surface area contributed by atoms with E-state index in [0.29, 0.717) is 29.9 Å². The second-order valence-electron chi connectivity index (χ2n) is 7.52. The molecule has 2 aliphatic rings. The molecule has 1 aromatic carbocycles. The highest BCUT2D eigenvalue weighted by molar-refractivity contribution is 7.89. The summed E-state index contributed by atoms with van der Waals surface area (Å²) in [5.74, 6) is -0.751. The number of benzene rings is 1. The Morgan fingerprint density at radius 3 is 2.41 bits per heavy atom. The lowest BCUT2D eigenvalue weighted by atomic mass is 9.99. The molecular formula is C20H24N2O4S. The monoisotopic (exact) mass is 388 g/mol. The fraction of sp³-hybridized carbons (Fsp3) is 0.500. The predicted molar refractivity (Wildman–Crippen MR) is 103 cm³/mol. The standard InChI is InChI=1S/C20H24N2O4S/c23-20(24)17-13-19(14-6-2-3-7-14)21-18-9-8-15(12-16(17)18)27(25,26)22-10-4-1-5-11-22/h8-9,12-14H,1-7,10-11H2,(H,23,24). The van der Waals surface area contributed by atoms with Gasteiger partial charge in [0.25, 0.3) is 0 Å². The molecule has 2 fully saturated rings. The largest absolute Gasteiger partial charge is 0.478 e. The van der Waals surface area contributed by atoms with Crippen molar-refractivity contribution in [2.24, 2.45) is 0 Å². The van der Waals surface area contributed by atoms with Crippen LogP contribution in [-0.2, 0) is 10.0 Å². The molecule has 1 aliphatic heterocycles. The van der Waals surface area contributed by atoms with Crippen molar-refractivity contribution in [3.63, 3.8) is 0 Å². The van der Waals surface area contributed by atoms with Crippen molar-refractivity contribution in [2.75, 3.05) is 13.1 Å². The van der Waals surface area contributed by atoms with Gasteiger partial charge in [-0.3, -0.25) is 4.98 Å². The summed E-state index contributed by atoms with van der Waals surface area (Å²) < 4.78 is 27.4. The molecule has 1 aliphatic carbocycles. The van der Waals surface area contributed by atoms with Crippen LogP contribution in [0.1, 0.15) is 66.9 Å². The van der Waals surface area contributed by atoms with E-state index < -0.39 is 16.0 Å². The van der Waals surface area contributed by atoms with Crippen LogP contribution in [0.15, 0.2) is 29.2 Å². The van der Waals surface area contributed by atoms with Gasteiger partial charge in [0.1, 0.15) is 0 Å². The molecule has 0 unspecified atom stereocenters. The first kappa shape index (κ1) is 18.4. The van der Waals surface area contributed by atoms with Gasteiger partial charge in [0, 0.05) is 30.1 Å². The summed E-state index contributed by atoms with van der Waals surface area (Å²) in [6, 6.07) is 6.33. The highest BCUT2D eigenvalue weighted by Gasteiger charge is 2.27. The molecule has 2 aromatic rings. The molecule has 1 saturated carbocycles. The molecule has 7 heteroatoms. The minimum absolute atomic E-state index is 0.137. The number of rotatable bonds is 4. The fourth-order valence-corrected chi connectivity index (χ4v) is 5.79. The van der Waals surface area contributed by atoms with E-state index in [4.69, 9.17) is 0 Å². The number of aromatic nitrogens is 1. The molecule has 1 aromatic heterocycles. The zero-order chi connectivity index (χ0) is 19.0. The Kier molecular flexibility index (Phi) is 4.90. The molecule has 0 bridgehead atoms. The second kappa shape index (κ2) is 7.20. The fourth-order valence-electron chi connectivity index (χ4n) is 4.25. The van der Waals surface area contributed by atoms with Crippen LogP contribution in [0.2, 0.25) is 0 Å². The number of fused-ring (bicyclic) bond motifs is 1. The van der Waals surface area contributed by atoms with Gasteiger partial charge in [-0.25, -0.2) is 13.2 Å². The Morgan fingerprint density at radius 2 is 1.74 bits per heavy atom. The number of sulfonamides is 1. The molecule has 2 heterocycles. The van der Waals surface area contributed by atoms with E-state index in [2.05, 4.69) is 4.98 Å². The topological polar surface area (TPSA) is 87.6 Å². The molecule has 0 amide bonds. The highest BCUT2D eigenvalue weighted by Crippen LogP contribution is 2.35. The summed E-state index contributed by atoms with van der Waals surface area (Å²) in [7, 11) is -3.61.